The van der Waals surface area contributed by atoms with Crippen LogP contribution in [0.3, 0.4) is 0 Å². The zero-order valence-corrected chi connectivity index (χ0v) is 10.6. The lowest BCUT2D eigenvalue weighted by Gasteiger charge is -2.09. The molecule has 0 fully saturated rings. The molecule has 0 bridgehead atoms. The average molecular weight is 265 g/mol. The lowest BCUT2D eigenvalue weighted by atomic mass is 10.2. The fourth-order valence-electron chi connectivity index (χ4n) is 0.616. The van der Waals surface area contributed by atoms with Gasteiger partial charge in [0.05, 0.1) is 6.61 Å². The molecule has 7 heteroatoms. The lowest BCUT2D eigenvalue weighted by Crippen LogP contribution is -2.33. The van der Waals surface area contributed by atoms with Gasteiger partial charge < -0.3 is 20.7 Å². The van der Waals surface area contributed by atoms with Gasteiger partial charge in [-0.2, -0.15) is 11.8 Å². The molecule has 0 saturated carbocycles. The lowest BCUT2D eigenvalue weighted by molar-refractivity contribution is -0.146. The summed E-state index contributed by atoms with van der Waals surface area (Å²) in [5.41, 5.74) is 5.47. The summed E-state index contributed by atoms with van der Waals surface area (Å²) in [6.07, 6.45) is 3.40. The number of carbonyl (C=O) groups excluding carboxylic acids is 1. The third-order valence-corrected chi connectivity index (χ3v) is 2.09. The monoisotopic (exact) mass is 265 g/mol. The number of ether oxygens (including phenoxy) is 1. The summed E-state index contributed by atoms with van der Waals surface area (Å²) >= 11 is 1.63. The molecule has 0 aromatic carbocycles. The minimum absolute atomic E-state index is 0.0335. The normalized spacial score (nSPS) is 10.8. The highest BCUT2D eigenvalue weighted by molar-refractivity contribution is 7.98. The van der Waals surface area contributed by atoms with Crippen molar-refractivity contribution in [2.75, 3.05) is 25.2 Å². The minimum Gasteiger partial charge on any atom is -0.478 e. The Kier molecular flexibility index (Phi) is 14.0. The fourth-order valence-corrected chi connectivity index (χ4v) is 1.11. The van der Waals surface area contributed by atoms with E-state index >= 15 is 0 Å². The maximum atomic E-state index is 10.9. The molecule has 0 saturated heterocycles. The molecule has 100 valence electrons. The molecule has 0 radical (unpaired) electrons. The van der Waals surface area contributed by atoms with Gasteiger partial charge in [-0.3, -0.25) is 4.79 Å². The fraction of sp³-hybridized carbons (Fsp3) is 0.600. The first-order valence-corrected chi connectivity index (χ1v) is 6.26. The highest BCUT2D eigenvalue weighted by Gasteiger charge is 2.13. The number of rotatable bonds is 7. The summed E-state index contributed by atoms with van der Waals surface area (Å²) in [7, 11) is 0. The van der Waals surface area contributed by atoms with Crippen molar-refractivity contribution in [3.8, 4) is 0 Å². The van der Waals surface area contributed by atoms with Crippen molar-refractivity contribution in [2.45, 2.75) is 12.5 Å². The minimum atomic E-state index is -0.981. The molecule has 0 amide bonds. The second-order valence-electron chi connectivity index (χ2n) is 2.82. The summed E-state index contributed by atoms with van der Waals surface area (Å²) in [5, 5.41) is 16.0. The van der Waals surface area contributed by atoms with Gasteiger partial charge in [0.2, 0.25) is 0 Å². The Morgan fingerprint density at radius 3 is 2.47 bits per heavy atom. The summed E-state index contributed by atoms with van der Waals surface area (Å²) in [6, 6.07) is -0.552. The Morgan fingerprint density at radius 2 is 2.12 bits per heavy atom. The number of aliphatic hydroxyl groups is 1. The Labute approximate surface area is 105 Å². The Balaban J connectivity index is 0. The average Bonchev–Trinajstić information content (AvgIpc) is 2.33. The zero-order chi connectivity index (χ0) is 13.7. The first-order valence-electron chi connectivity index (χ1n) is 4.86. The van der Waals surface area contributed by atoms with Crippen LogP contribution in [0.4, 0.5) is 0 Å². The maximum Gasteiger partial charge on any atom is 0.327 e. The Bertz CT molecular complexity index is 235. The molecule has 6 nitrogen and oxygen atoms in total. The molecule has 0 unspecified atom stereocenters. The van der Waals surface area contributed by atoms with Gasteiger partial charge in [0.15, 0.2) is 0 Å². The van der Waals surface area contributed by atoms with Gasteiger partial charge in [0.25, 0.3) is 0 Å². The number of aliphatic hydroxyl groups excluding tert-OH is 1. The number of thioether (sulfide) groups is 1. The van der Waals surface area contributed by atoms with E-state index < -0.39 is 18.0 Å². The van der Waals surface area contributed by atoms with Gasteiger partial charge in [-0.25, -0.2) is 4.79 Å². The van der Waals surface area contributed by atoms with Crippen LogP contribution >= 0.6 is 11.8 Å². The SMILES string of the molecule is C=CC(=O)O.CSCC[C@H](N)C(=O)OCCO. The van der Waals surface area contributed by atoms with Gasteiger partial charge in [-0.05, 0) is 18.4 Å². The van der Waals surface area contributed by atoms with Crippen LogP contribution in [0.2, 0.25) is 0 Å². The van der Waals surface area contributed by atoms with Crippen LogP contribution in [-0.4, -0.2) is 53.4 Å². The number of hydrogen-bond acceptors (Lipinski definition) is 6. The van der Waals surface area contributed by atoms with Crippen molar-refractivity contribution < 1.29 is 24.5 Å². The third kappa shape index (κ3) is 14.9. The molecule has 0 rings (SSSR count). The number of carbonyl (C=O) groups is 2. The molecule has 1 atom stereocenters. The second-order valence-corrected chi connectivity index (χ2v) is 3.81. The van der Waals surface area contributed by atoms with Crippen molar-refractivity contribution >= 4 is 23.7 Å². The standard InChI is InChI=1S/C7H15NO3S.C3H4O2/c1-12-5-2-6(8)7(10)11-4-3-9;1-2-3(4)5/h6,9H,2-5,8H2,1H3;2H,1H2,(H,4,5)/t6-;/m0./s1. The number of carboxylic acid groups (broad SMARTS) is 1. The van der Waals surface area contributed by atoms with E-state index in [9.17, 15) is 9.59 Å². The molecular formula is C10H19NO5S. The van der Waals surface area contributed by atoms with E-state index in [1.54, 1.807) is 11.8 Å². The van der Waals surface area contributed by atoms with Gasteiger partial charge in [-0.1, -0.05) is 6.58 Å². The first kappa shape index (κ1) is 18.3. The molecule has 0 heterocycles. The predicted octanol–water partition coefficient (Wildman–Crippen LogP) is -0.141. The van der Waals surface area contributed by atoms with Gasteiger partial charge in [0, 0.05) is 6.08 Å². The summed E-state index contributed by atoms with van der Waals surface area (Å²) in [5.74, 6) is -0.571. The number of esters is 1. The maximum absolute atomic E-state index is 10.9. The third-order valence-electron chi connectivity index (χ3n) is 1.45. The molecule has 17 heavy (non-hydrogen) atoms. The van der Waals surface area contributed by atoms with Crippen LogP contribution in [0, 0.1) is 0 Å². The van der Waals surface area contributed by atoms with E-state index in [4.69, 9.17) is 15.9 Å². The smallest absolute Gasteiger partial charge is 0.327 e. The highest BCUT2D eigenvalue weighted by Crippen LogP contribution is 1.99. The quantitative estimate of drug-likeness (QED) is 0.434. The largest absolute Gasteiger partial charge is 0.478 e. The molecule has 0 spiro atoms. The Morgan fingerprint density at radius 1 is 1.59 bits per heavy atom. The van der Waals surface area contributed by atoms with Crippen LogP contribution in [0.5, 0.6) is 0 Å². The molecule has 0 aliphatic heterocycles. The molecular weight excluding hydrogens is 246 g/mol. The van der Waals surface area contributed by atoms with Crippen LogP contribution in [-0.2, 0) is 14.3 Å². The van der Waals surface area contributed by atoms with Gasteiger partial charge >= 0.3 is 11.9 Å². The highest BCUT2D eigenvalue weighted by atomic mass is 32.2. The summed E-state index contributed by atoms with van der Waals surface area (Å²) in [4.78, 5) is 20.2. The molecule has 4 N–H and O–H groups in total. The van der Waals surface area contributed by atoms with E-state index in [-0.39, 0.29) is 13.2 Å². The predicted molar refractivity (Wildman–Crippen MR) is 66.9 cm³/mol. The number of hydrogen-bond donors (Lipinski definition) is 3. The topological polar surface area (TPSA) is 110 Å². The van der Waals surface area contributed by atoms with E-state index in [1.165, 1.54) is 0 Å². The molecule has 0 aromatic heterocycles. The number of carboxylic acids is 1. The van der Waals surface area contributed by atoms with Crippen molar-refractivity contribution in [3.63, 3.8) is 0 Å². The molecule has 0 aromatic rings. The van der Waals surface area contributed by atoms with Gasteiger partial charge in [-0.15, -0.1) is 0 Å². The van der Waals surface area contributed by atoms with Crippen LogP contribution < -0.4 is 5.73 Å². The number of nitrogens with two attached hydrogens (primary N) is 1. The first-order chi connectivity index (χ1) is 7.99. The van der Waals surface area contributed by atoms with Crippen molar-refractivity contribution in [2.24, 2.45) is 5.73 Å². The van der Waals surface area contributed by atoms with E-state index in [1.807, 2.05) is 6.26 Å². The summed E-state index contributed by atoms with van der Waals surface area (Å²) in [6.45, 7) is 2.84. The van der Waals surface area contributed by atoms with E-state index in [0.29, 0.717) is 6.42 Å². The number of aliphatic carboxylic acids is 1. The van der Waals surface area contributed by atoms with E-state index in [0.717, 1.165) is 11.8 Å². The second kappa shape index (κ2) is 13.0. The molecule has 0 aliphatic rings. The zero-order valence-electron chi connectivity index (χ0n) is 9.80. The van der Waals surface area contributed by atoms with Crippen LogP contribution in [0.1, 0.15) is 6.42 Å². The summed E-state index contributed by atoms with van der Waals surface area (Å²) < 4.78 is 4.63. The Hall–Kier alpha value is -1.05. The van der Waals surface area contributed by atoms with Crippen LogP contribution in [0.25, 0.3) is 0 Å². The van der Waals surface area contributed by atoms with Crippen molar-refractivity contribution in [1.29, 1.82) is 0 Å². The van der Waals surface area contributed by atoms with Crippen LogP contribution in [0.15, 0.2) is 12.7 Å². The van der Waals surface area contributed by atoms with E-state index in [2.05, 4.69) is 11.3 Å². The molecule has 0 aliphatic carbocycles. The van der Waals surface area contributed by atoms with Crippen molar-refractivity contribution in [1.82, 2.24) is 0 Å². The van der Waals surface area contributed by atoms with Crippen molar-refractivity contribution in [3.05, 3.63) is 12.7 Å². The van der Waals surface area contributed by atoms with Gasteiger partial charge in [0.1, 0.15) is 12.6 Å².